The molecule has 18 nitrogen and oxygen atoms in total. The third-order valence-electron chi connectivity index (χ3n) is 14.4. The molecule has 2 bridgehead atoms. The SMILES string of the molecule is COc1ccc(C2=N[C@H](c3ccc(Cl)cc3)[C@H](c3ccc(Cl)cc3)N2C(=O)N2CCN(CCOCCOCCC(=O)CCCn3nc(C)c4c3CN(C)C(=O)c3ccc(F)cc3[C@@H](C)Oc3cc-4cnc3N)C(=O)C2)c(OC(C)C)c1. The van der Waals surface area contributed by atoms with Crippen LogP contribution >= 0.6 is 23.2 Å². The predicted molar refractivity (Wildman–Crippen MR) is 305 cm³/mol. The molecule has 3 atom stereocenters. The number of piperazine rings is 1. The number of nitrogens with two attached hydrogens (primary N) is 1. The van der Waals surface area contributed by atoms with E-state index in [1.54, 1.807) is 89.3 Å². The van der Waals surface area contributed by atoms with E-state index in [4.69, 9.17) is 62.7 Å². The molecule has 0 radical (unpaired) electrons. The Morgan fingerprint density at radius 3 is 2.26 bits per heavy atom. The quantitative estimate of drug-likeness (QED) is 0.0755. The number of Topliss-reactive ketones (excluding diaryl/α,β-unsaturated/α-hetero) is 1. The van der Waals surface area contributed by atoms with Crippen LogP contribution in [0, 0.1) is 12.7 Å². The van der Waals surface area contributed by atoms with Crippen molar-refractivity contribution in [2.24, 2.45) is 4.99 Å². The number of aryl methyl sites for hydroxylation is 2. The highest BCUT2D eigenvalue weighted by atomic mass is 35.5. The van der Waals surface area contributed by atoms with Gasteiger partial charge in [-0.05, 0) is 106 Å². The zero-order valence-corrected chi connectivity index (χ0v) is 47.7. The maximum Gasteiger partial charge on any atom is 0.326 e. The number of aromatic nitrogens is 3. The minimum absolute atomic E-state index is 0.0235. The summed E-state index contributed by atoms with van der Waals surface area (Å²) in [7, 11) is 3.26. The average Bonchev–Trinajstić information content (AvgIpc) is 3.92. The molecule has 3 aliphatic rings. The Bertz CT molecular complexity index is 3300. The molecule has 2 N–H and O–H groups in total. The smallest absolute Gasteiger partial charge is 0.326 e. The summed E-state index contributed by atoms with van der Waals surface area (Å²) in [5.74, 6) is 0.873. The van der Waals surface area contributed by atoms with Crippen molar-refractivity contribution in [3.05, 3.63) is 152 Å². The number of ketones is 1. The molecule has 0 spiro atoms. The highest BCUT2D eigenvalue weighted by Gasteiger charge is 2.46. The van der Waals surface area contributed by atoms with Gasteiger partial charge in [-0.1, -0.05) is 47.5 Å². The normalized spacial score (nSPS) is 17.3. The van der Waals surface area contributed by atoms with E-state index >= 15 is 4.79 Å². The Morgan fingerprint density at radius 1 is 0.852 bits per heavy atom. The van der Waals surface area contributed by atoms with E-state index in [-0.39, 0.29) is 95.0 Å². The number of pyridine rings is 1. The van der Waals surface area contributed by atoms with Crippen LogP contribution in [0.3, 0.4) is 0 Å². The van der Waals surface area contributed by atoms with E-state index < -0.39 is 30.0 Å². The standard InChI is InChI=1S/C60H66Cl2FN9O9/c1-36(2)80-51-32-46(77-6)18-20-48(51)58-66-55(39-9-13-42(61)14-10-39)56(40-11-15-43(62)16-12-40)72(58)60(76)70-24-23-69(53(74)35-70)25-27-79-29-28-78-26-21-45(73)8-7-22-71-50-34-68(5)59(75)47-19-17-44(63)31-49(47)38(4)81-52-30-41(33-65-57(52)64)54(50)37(3)67-71/h9-20,30-33,36,38,55-56H,7-8,21-29,34-35H2,1-6H3,(H2,64,65)/t38-,55-,56+/m1/s1. The number of carbonyl (C=O) groups is 4. The van der Waals surface area contributed by atoms with Crippen LogP contribution in [-0.4, -0.2) is 137 Å². The molecule has 4 amide bonds. The number of benzene rings is 4. The number of ether oxygens (including phenoxy) is 5. The Kier molecular flexibility index (Phi) is 18.6. The van der Waals surface area contributed by atoms with Crippen molar-refractivity contribution in [2.75, 3.05) is 72.5 Å². The first-order chi connectivity index (χ1) is 39.0. The van der Waals surface area contributed by atoms with Gasteiger partial charge in [0.15, 0.2) is 11.6 Å². The molecule has 0 aliphatic carbocycles. The molecule has 4 aromatic carbocycles. The van der Waals surface area contributed by atoms with Crippen LogP contribution < -0.4 is 19.9 Å². The van der Waals surface area contributed by atoms with Crippen molar-refractivity contribution < 1.29 is 47.3 Å². The number of rotatable bonds is 19. The zero-order chi connectivity index (χ0) is 57.5. The van der Waals surface area contributed by atoms with Crippen LogP contribution in [0.2, 0.25) is 10.0 Å². The number of nitrogen functional groups attached to an aromatic ring is 1. The Labute approximate surface area is 480 Å². The predicted octanol–water partition coefficient (Wildman–Crippen LogP) is 10.1. The Balaban J connectivity index is 0.761. The monoisotopic (exact) mass is 1150 g/mol. The molecule has 1 fully saturated rings. The number of anilines is 1. The zero-order valence-electron chi connectivity index (χ0n) is 46.2. The maximum absolute atomic E-state index is 15.1. The van der Waals surface area contributed by atoms with Crippen LogP contribution in [-0.2, 0) is 32.2 Å². The summed E-state index contributed by atoms with van der Waals surface area (Å²) in [4.78, 5) is 72.0. The molecule has 2 aromatic heterocycles. The molecule has 6 aromatic rings. The second kappa shape index (κ2) is 25.9. The number of methoxy groups -OCH3 is 1. The average molecular weight is 1150 g/mol. The van der Waals surface area contributed by atoms with Crippen LogP contribution in [0.25, 0.3) is 11.1 Å². The minimum Gasteiger partial charge on any atom is -0.497 e. The van der Waals surface area contributed by atoms with Crippen LogP contribution in [0.15, 0.2) is 102 Å². The van der Waals surface area contributed by atoms with E-state index in [1.807, 2.05) is 55.8 Å². The molecule has 21 heteroatoms. The third-order valence-corrected chi connectivity index (χ3v) is 14.9. The molecule has 5 heterocycles. The van der Waals surface area contributed by atoms with Gasteiger partial charge >= 0.3 is 6.03 Å². The largest absolute Gasteiger partial charge is 0.497 e. The van der Waals surface area contributed by atoms with E-state index in [9.17, 15) is 18.8 Å². The lowest BCUT2D eigenvalue weighted by atomic mass is 9.93. The topological polar surface area (TPSA) is 196 Å². The van der Waals surface area contributed by atoms with Crippen LogP contribution in [0.5, 0.6) is 17.2 Å². The van der Waals surface area contributed by atoms with Crippen molar-refractivity contribution >= 4 is 58.5 Å². The van der Waals surface area contributed by atoms with Gasteiger partial charge in [0.2, 0.25) is 5.91 Å². The van der Waals surface area contributed by atoms with Gasteiger partial charge in [0.25, 0.3) is 5.91 Å². The fourth-order valence-electron chi connectivity index (χ4n) is 10.4. The molecule has 9 rings (SSSR count). The molecule has 426 valence electrons. The van der Waals surface area contributed by atoms with Gasteiger partial charge in [0.05, 0.1) is 69.2 Å². The fraction of sp³-hybridized carbons (Fsp3) is 0.383. The highest BCUT2D eigenvalue weighted by Crippen LogP contribution is 2.46. The first-order valence-electron chi connectivity index (χ1n) is 27.0. The van der Waals surface area contributed by atoms with Gasteiger partial charge in [0, 0.05) is 90.6 Å². The van der Waals surface area contributed by atoms with E-state index in [0.717, 1.165) is 22.4 Å². The van der Waals surface area contributed by atoms with Gasteiger partial charge < -0.3 is 44.1 Å². The summed E-state index contributed by atoms with van der Waals surface area (Å²) in [6.07, 6.45) is 1.70. The highest BCUT2D eigenvalue weighted by molar-refractivity contribution is 6.30. The summed E-state index contributed by atoms with van der Waals surface area (Å²) >= 11 is 12.7. The lowest BCUT2D eigenvalue weighted by Gasteiger charge is -2.38. The number of carbonyl (C=O) groups excluding carboxylic acids is 4. The van der Waals surface area contributed by atoms with Crippen LogP contribution in [0.4, 0.5) is 15.0 Å². The molecule has 1 saturated heterocycles. The van der Waals surface area contributed by atoms with E-state index in [2.05, 4.69) is 4.98 Å². The Hall–Kier alpha value is -7.58. The Morgan fingerprint density at radius 2 is 1.56 bits per heavy atom. The second-order valence-electron chi connectivity index (χ2n) is 20.4. The van der Waals surface area contributed by atoms with Crippen molar-refractivity contribution in [2.45, 2.75) is 84.3 Å². The summed E-state index contributed by atoms with van der Waals surface area (Å²) in [6, 6.07) is 24.3. The first kappa shape index (κ1) is 58.1. The number of halogens is 3. The van der Waals surface area contributed by atoms with Crippen LogP contribution in [0.1, 0.15) is 102 Å². The van der Waals surface area contributed by atoms with Crippen molar-refractivity contribution in [3.8, 4) is 28.4 Å². The fourth-order valence-corrected chi connectivity index (χ4v) is 10.6. The first-order valence-corrected chi connectivity index (χ1v) is 27.7. The summed E-state index contributed by atoms with van der Waals surface area (Å²) < 4.78 is 46.0. The molecule has 81 heavy (non-hydrogen) atoms. The third kappa shape index (κ3) is 13.4. The number of hydrogen-bond acceptors (Lipinski definition) is 13. The molecule has 0 saturated carbocycles. The molecule has 0 unspecified atom stereocenters. The summed E-state index contributed by atoms with van der Waals surface area (Å²) in [5.41, 5.74) is 12.0. The van der Waals surface area contributed by atoms with Gasteiger partial charge in [-0.2, -0.15) is 5.10 Å². The van der Waals surface area contributed by atoms with Gasteiger partial charge in [-0.3, -0.25) is 29.0 Å². The summed E-state index contributed by atoms with van der Waals surface area (Å²) in [5, 5.41) is 5.93. The van der Waals surface area contributed by atoms with E-state index in [1.165, 1.54) is 18.2 Å². The van der Waals surface area contributed by atoms with Gasteiger partial charge in [0.1, 0.15) is 47.6 Å². The number of nitrogens with zero attached hydrogens (tertiary/aromatic N) is 8. The maximum atomic E-state index is 15.1. The lowest BCUT2D eigenvalue weighted by Crippen LogP contribution is -2.56. The number of amidine groups is 1. The molecular weight excluding hydrogens is 1080 g/mol. The number of amides is 4. The minimum atomic E-state index is -0.708. The number of aliphatic imine (C=N–C) groups is 1. The lowest BCUT2D eigenvalue weighted by molar-refractivity contribution is -0.135. The number of hydrogen-bond donors (Lipinski definition) is 1. The van der Waals surface area contributed by atoms with Gasteiger partial charge in [-0.15, -0.1) is 0 Å². The number of fused-ring (bicyclic) bond motifs is 5. The number of urea groups is 1. The molecular formula is C60H66Cl2FN9O9. The van der Waals surface area contributed by atoms with Crippen molar-refractivity contribution in [3.63, 3.8) is 0 Å². The van der Waals surface area contributed by atoms with E-state index in [0.29, 0.717) is 80.6 Å². The van der Waals surface area contributed by atoms with Gasteiger partial charge in [-0.25, -0.2) is 14.2 Å². The van der Waals surface area contributed by atoms with Crippen molar-refractivity contribution in [1.82, 2.24) is 34.4 Å². The van der Waals surface area contributed by atoms with Crippen molar-refractivity contribution in [1.29, 1.82) is 0 Å². The molecule has 3 aliphatic heterocycles. The summed E-state index contributed by atoms with van der Waals surface area (Å²) in [6.45, 7) is 9.71. The second-order valence-corrected chi connectivity index (χ2v) is 21.3.